The van der Waals surface area contributed by atoms with Crippen molar-refractivity contribution < 1.29 is 23.5 Å². The third-order valence-corrected chi connectivity index (χ3v) is 4.21. The van der Waals surface area contributed by atoms with Gasteiger partial charge in [0.2, 0.25) is 18.6 Å². The summed E-state index contributed by atoms with van der Waals surface area (Å²) in [4.78, 5) is 23.7. The lowest BCUT2D eigenvalue weighted by Crippen LogP contribution is -2.39. The number of nitrogens with one attached hydrogen (secondary N) is 1. The molecular weight excluding hydrogens is 286 g/mol. The molecule has 1 fully saturated rings. The molecule has 2 amide bonds. The molecule has 1 saturated heterocycles. The predicted octanol–water partition coefficient (Wildman–Crippen LogP) is 2.24. The lowest BCUT2D eigenvalue weighted by molar-refractivity contribution is -0.134. The van der Waals surface area contributed by atoms with Crippen molar-refractivity contribution in [3.8, 4) is 11.5 Å². The summed E-state index contributed by atoms with van der Waals surface area (Å²) >= 11 is 0. The summed E-state index contributed by atoms with van der Waals surface area (Å²) in [5, 5.41) is 3.20. The van der Waals surface area contributed by atoms with Gasteiger partial charge in [-0.3, -0.25) is 14.9 Å². The van der Waals surface area contributed by atoms with E-state index in [2.05, 4.69) is 5.32 Å². The standard InChI is InChI=1S/C16H15NO5/c1-2-9-13(8-3-6-12(18)17-16(8)19)14-10(22-9)4-5-11-15(14)21-7-20-11/h4-5,8H,2-3,6-7H2,1H3,(H,17,18,19)/t8-/m1/s1. The minimum absolute atomic E-state index is 0.163. The van der Waals surface area contributed by atoms with Crippen molar-refractivity contribution in [3.05, 3.63) is 23.5 Å². The molecule has 2 aliphatic rings. The molecule has 6 heteroatoms. The Morgan fingerprint density at radius 2 is 2.14 bits per heavy atom. The fourth-order valence-electron chi connectivity index (χ4n) is 3.22. The molecule has 2 aliphatic heterocycles. The van der Waals surface area contributed by atoms with E-state index in [0.717, 1.165) is 16.7 Å². The van der Waals surface area contributed by atoms with Gasteiger partial charge in [0.25, 0.3) is 0 Å². The molecule has 0 saturated carbocycles. The summed E-state index contributed by atoms with van der Waals surface area (Å²) in [6, 6.07) is 3.64. The normalized spacial score (nSPS) is 20.5. The van der Waals surface area contributed by atoms with E-state index in [9.17, 15) is 9.59 Å². The summed E-state index contributed by atoms with van der Waals surface area (Å²) in [6.45, 7) is 2.14. The second-order valence-corrected chi connectivity index (χ2v) is 5.47. The number of fused-ring (bicyclic) bond motifs is 3. The molecule has 1 atom stereocenters. The maximum atomic E-state index is 12.3. The minimum Gasteiger partial charge on any atom is -0.461 e. The summed E-state index contributed by atoms with van der Waals surface area (Å²) in [6.07, 6.45) is 1.48. The van der Waals surface area contributed by atoms with Crippen LogP contribution in [0.1, 0.15) is 37.0 Å². The van der Waals surface area contributed by atoms with Gasteiger partial charge >= 0.3 is 0 Å². The number of amides is 2. The molecule has 0 aliphatic carbocycles. The topological polar surface area (TPSA) is 77.8 Å². The van der Waals surface area contributed by atoms with Gasteiger partial charge < -0.3 is 13.9 Å². The quantitative estimate of drug-likeness (QED) is 0.861. The number of furan rings is 1. The molecular formula is C16H15NO5. The van der Waals surface area contributed by atoms with Crippen molar-refractivity contribution in [1.82, 2.24) is 5.32 Å². The molecule has 4 rings (SSSR count). The van der Waals surface area contributed by atoms with Crippen LogP contribution in [0.15, 0.2) is 16.5 Å². The van der Waals surface area contributed by atoms with Crippen LogP contribution in [0.3, 0.4) is 0 Å². The Kier molecular flexibility index (Phi) is 2.85. The second kappa shape index (κ2) is 4.76. The highest BCUT2D eigenvalue weighted by Crippen LogP contribution is 2.46. The Morgan fingerprint density at radius 1 is 1.27 bits per heavy atom. The van der Waals surface area contributed by atoms with E-state index in [1.165, 1.54) is 0 Å². The largest absolute Gasteiger partial charge is 0.461 e. The van der Waals surface area contributed by atoms with Crippen LogP contribution in [0.2, 0.25) is 0 Å². The molecule has 3 heterocycles. The van der Waals surface area contributed by atoms with Gasteiger partial charge in [-0.1, -0.05) is 6.92 Å². The summed E-state index contributed by atoms with van der Waals surface area (Å²) in [5.41, 5.74) is 1.51. The van der Waals surface area contributed by atoms with Crippen LogP contribution in [0.4, 0.5) is 0 Å². The average Bonchev–Trinajstić information content (AvgIpc) is 3.10. The van der Waals surface area contributed by atoms with Crippen LogP contribution < -0.4 is 14.8 Å². The first-order valence-corrected chi connectivity index (χ1v) is 7.36. The number of aryl methyl sites for hydroxylation is 1. The van der Waals surface area contributed by atoms with Crippen molar-refractivity contribution in [2.75, 3.05) is 6.79 Å². The Hall–Kier alpha value is -2.50. The van der Waals surface area contributed by atoms with Gasteiger partial charge in [0, 0.05) is 18.4 Å². The van der Waals surface area contributed by atoms with Gasteiger partial charge in [0.1, 0.15) is 11.3 Å². The van der Waals surface area contributed by atoms with Crippen LogP contribution in [-0.2, 0) is 16.0 Å². The van der Waals surface area contributed by atoms with E-state index in [0.29, 0.717) is 36.3 Å². The number of piperidine rings is 1. The Labute approximate surface area is 126 Å². The molecule has 22 heavy (non-hydrogen) atoms. The number of carbonyl (C=O) groups excluding carboxylic acids is 2. The van der Waals surface area contributed by atoms with E-state index in [1.54, 1.807) is 0 Å². The van der Waals surface area contributed by atoms with Gasteiger partial charge in [0.05, 0.1) is 11.3 Å². The zero-order chi connectivity index (χ0) is 15.3. The average molecular weight is 301 g/mol. The van der Waals surface area contributed by atoms with Crippen molar-refractivity contribution in [1.29, 1.82) is 0 Å². The fourth-order valence-corrected chi connectivity index (χ4v) is 3.22. The number of rotatable bonds is 2. The van der Waals surface area contributed by atoms with E-state index < -0.39 is 5.92 Å². The highest BCUT2D eigenvalue weighted by Gasteiger charge is 2.35. The number of benzene rings is 1. The molecule has 1 aromatic heterocycles. The molecule has 1 aromatic carbocycles. The van der Waals surface area contributed by atoms with Gasteiger partial charge in [-0.15, -0.1) is 0 Å². The maximum absolute atomic E-state index is 12.3. The summed E-state index contributed by atoms with van der Waals surface area (Å²) in [5.74, 6) is 1.14. The molecule has 6 nitrogen and oxygen atoms in total. The smallest absolute Gasteiger partial charge is 0.234 e. The number of hydrogen-bond acceptors (Lipinski definition) is 5. The van der Waals surface area contributed by atoms with E-state index in [4.69, 9.17) is 13.9 Å². The molecule has 2 aromatic rings. The summed E-state index contributed by atoms with van der Waals surface area (Å²) < 4.78 is 16.9. The van der Waals surface area contributed by atoms with Gasteiger partial charge in [-0.05, 0) is 18.6 Å². The van der Waals surface area contributed by atoms with E-state index >= 15 is 0 Å². The van der Waals surface area contributed by atoms with Gasteiger partial charge in [-0.2, -0.15) is 0 Å². The van der Waals surface area contributed by atoms with E-state index in [-0.39, 0.29) is 18.6 Å². The van der Waals surface area contributed by atoms with Gasteiger partial charge in [0.15, 0.2) is 11.5 Å². The number of carbonyl (C=O) groups is 2. The Bertz CT molecular complexity index is 791. The van der Waals surface area contributed by atoms with Crippen LogP contribution in [0.25, 0.3) is 11.0 Å². The SMILES string of the molecule is CCc1oc2ccc3c(c2c1[C@H]1CCC(=O)NC1=O)OCO3. The molecule has 0 bridgehead atoms. The van der Waals surface area contributed by atoms with Crippen molar-refractivity contribution in [3.63, 3.8) is 0 Å². The third-order valence-electron chi connectivity index (χ3n) is 4.21. The minimum atomic E-state index is -0.399. The first kappa shape index (κ1) is 13.2. The zero-order valence-corrected chi connectivity index (χ0v) is 12.1. The molecule has 114 valence electrons. The predicted molar refractivity (Wildman–Crippen MR) is 76.8 cm³/mol. The fraction of sp³-hybridized carbons (Fsp3) is 0.375. The molecule has 0 unspecified atom stereocenters. The Balaban J connectivity index is 1.94. The third kappa shape index (κ3) is 1.80. The van der Waals surface area contributed by atoms with Crippen LogP contribution in [0.5, 0.6) is 11.5 Å². The maximum Gasteiger partial charge on any atom is 0.234 e. The number of hydrogen-bond donors (Lipinski definition) is 1. The van der Waals surface area contributed by atoms with Crippen molar-refractivity contribution in [2.45, 2.75) is 32.1 Å². The van der Waals surface area contributed by atoms with Crippen molar-refractivity contribution >= 4 is 22.8 Å². The second-order valence-electron chi connectivity index (χ2n) is 5.47. The zero-order valence-electron chi connectivity index (χ0n) is 12.1. The highest BCUT2D eigenvalue weighted by molar-refractivity contribution is 6.04. The number of ether oxygens (including phenoxy) is 2. The first-order chi connectivity index (χ1) is 10.7. The lowest BCUT2D eigenvalue weighted by Gasteiger charge is -2.21. The van der Waals surface area contributed by atoms with E-state index in [1.807, 2.05) is 19.1 Å². The number of imide groups is 1. The van der Waals surface area contributed by atoms with Crippen LogP contribution >= 0.6 is 0 Å². The lowest BCUT2D eigenvalue weighted by atomic mass is 9.87. The highest BCUT2D eigenvalue weighted by atomic mass is 16.7. The Morgan fingerprint density at radius 3 is 2.91 bits per heavy atom. The van der Waals surface area contributed by atoms with Crippen molar-refractivity contribution in [2.24, 2.45) is 0 Å². The molecule has 0 radical (unpaired) electrons. The summed E-state index contributed by atoms with van der Waals surface area (Å²) in [7, 11) is 0. The monoisotopic (exact) mass is 301 g/mol. The first-order valence-electron chi connectivity index (χ1n) is 7.36. The molecule has 0 spiro atoms. The van der Waals surface area contributed by atoms with Gasteiger partial charge in [-0.25, -0.2) is 0 Å². The van der Waals surface area contributed by atoms with Crippen LogP contribution in [0, 0.1) is 0 Å². The van der Waals surface area contributed by atoms with Crippen LogP contribution in [-0.4, -0.2) is 18.6 Å². The molecule has 1 N–H and O–H groups in total.